The molecule has 1 fully saturated rings. The fraction of sp³-hybridized carbons (Fsp3) is 1.00. The third kappa shape index (κ3) is 5.84. The molecule has 0 aromatic rings. The molecule has 1 heterocycles. The summed E-state index contributed by atoms with van der Waals surface area (Å²) in [6, 6.07) is 0. The fourth-order valence-electron chi connectivity index (χ4n) is 2.35. The van der Waals surface area contributed by atoms with Crippen molar-refractivity contribution in [3.8, 4) is 0 Å². The van der Waals surface area contributed by atoms with Crippen LogP contribution in [0.15, 0.2) is 0 Å². The molecule has 0 aromatic heterocycles. The predicted molar refractivity (Wildman–Crippen MR) is 71.4 cm³/mol. The molecule has 1 saturated heterocycles. The van der Waals surface area contributed by atoms with Gasteiger partial charge in [-0.05, 0) is 37.6 Å². The van der Waals surface area contributed by atoms with Crippen LogP contribution in [0.2, 0.25) is 0 Å². The fourth-order valence-corrected chi connectivity index (χ4v) is 2.35. The van der Waals surface area contributed by atoms with Crippen LogP contribution >= 0.6 is 0 Å². The third-order valence-corrected chi connectivity index (χ3v) is 3.72. The van der Waals surface area contributed by atoms with Crippen molar-refractivity contribution in [1.82, 2.24) is 5.32 Å². The molecule has 3 heteroatoms. The lowest BCUT2D eigenvalue weighted by molar-refractivity contribution is -0.00617. The van der Waals surface area contributed by atoms with Gasteiger partial charge in [0.05, 0.1) is 0 Å². The first-order chi connectivity index (χ1) is 8.33. The van der Waals surface area contributed by atoms with Gasteiger partial charge in [0, 0.05) is 33.0 Å². The second kappa shape index (κ2) is 8.90. The summed E-state index contributed by atoms with van der Waals surface area (Å²) in [6.07, 6.45) is 5.93. The molecule has 0 aromatic carbocycles. The van der Waals surface area contributed by atoms with Gasteiger partial charge in [0.25, 0.3) is 0 Å². The van der Waals surface area contributed by atoms with E-state index in [9.17, 15) is 0 Å². The molecule has 0 spiro atoms. The van der Waals surface area contributed by atoms with Gasteiger partial charge in [-0.3, -0.25) is 0 Å². The van der Waals surface area contributed by atoms with Gasteiger partial charge in [0.1, 0.15) is 0 Å². The normalized spacial score (nSPS) is 19.4. The highest BCUT2D eigenvalue weighted by molar-refractivity contribution is 4.83. The zero-order chi connectivity index (χ0) is 12.4. The second-order valence-electron chi connectivity index (χ2n) is 5.11. The Morgan fingerprint density at radius 1 is 1.18 bits per heavy atom. The molecule has 102 valence electrons. The molecular formula is C14H29NO2. The second-order valence-corrected chi connectivity index (χ2v) is 5.11. The van der Waals surface area contributed by atoms with Crippen LogP contribution in [0.5, 0.6) is 0 Å². The molecular weight excluding hydrogens is 214 g/mol. The van der Waals surface area contributed by atoms with Gasteiger partial charge in [-0.2, -0.15) is 0 Å². The van der Waals surface area contributed by atoms with Gasteiger partial charge in [-0.15, -0.1) is 0 Å². The average Bonchev–Trinajstić information content (AvgIpc) is 2.37. The molecule has 1 aliphatic heterocycles. The maximum absolute atomic E-state index is 5.71. The summed E-state index contributed by atoms with van der Waals surface area (Å²) in [6.45, 7) is 10.2. The van der Waals surface area contributed by atoms with Crippen molar-refractivity contribution in [2.75, 3.05) is 39.5 Å². The van der Waals surface area contributed by atoms with Crippen molar-refractivity contribution < 1.29 is 9.47 Å². The SMILES string of the molecule is CCCCOCCC1(CNCC)CCOCC1. The highest BCUT2D eigenvalue weighted by Crippen LogP contribution is 2.33. The Labute approximate surface area is 106 Å². The summed E-state index contributed by atoms with van der Waals surface area (Å²) >= 11 is 0. The van der Waals surface area contributed by atoms with E-state index in [1.54, 1.807) is 0 Å². The number of unbranched alkanes of at least 4 members (excludes halogenated alkanes) is 1. The van der Waals surface area contributed by atoms with Crippen LogP contribution in [0, 0.1) is 5.41 Å². The van der Waals surface area contributed by atoms with E-state index in [0.29, 0.717) is 5.41 Å². The smallest absolute Gasteiger partial charge is 0.0471 e. The van der Waals surface area contributed by atoms with Gasteiger partial charge in [-0.25, -0.2) is 0 Å². The van der Waals surface area contributed by atoms with Crippen molar-refractivity contribution in [3.05, 3.63) is 0 Å². The standard InChI is InChI=1S/C14H29NO2/c1-3-5-9-16-10-6-14(13-15-4-2)7-11-17-12-8-14/h15H,3-13H2,1-2H3. The quantitative estimate of drug-likeness (QED) is 0.631. The molecule has 0 radical (unpaired) electrons. The van der Waals surface area contributed by atoms with Gasteiger partial charge in [-0.1, -0.05) is 20.3 Å². The van der Waals surface area contributed by atoms with Crippen LogP contribution in [-0.2, 0) is 9.47 Å². The van der Waals surface area contributed by atoms with E-state index in [4.69, 9.17) is 9.47 Å². The number of nitrogens with one attached hydrogen (secondary N) is 1. The topological polar surface area (TPSA) is 30.5 Å². The van der Waals surface area contributed by atoms with Crippen LogP contribution in [-0.4, -0.2) is 39.5 Å². The first kappa shape index (κ1) is 14.9. The van der Waals surface area contributed by atoms with E-state index in [0.717, 1.165) is 39.5 Å². The van der Waals surface area contributed by atoms with Crippen LogP contribution in [0.25, 0.3) is 0 Å². The van der Waals surface area contributed by atoms with Crippen LogP contribution in [0.4, 0.5) is 0 Å². The zero-order valence-corrected chi connectivity index (χ0v) is 11.6. The van der Waals surface area contributed by atoms with Gasteiger partial charge in [0.15, 0.2) is 0 Å². The highest BCUT2D eigenvalue weighted by atomic mass is 16.5. The molecule has 0 saturated carbocycles. The molecule has 1 aliphatic rings. The maximum Gasteiger partial charge on any atom is 0.0471 e. The molecule has 1 rings (SSSR count). The summed E-state index contributed by atoms with van der Waals surface area (Å²) < 4.78 is 11.2. The monoisotopic (exact) mass is 243 g/mol. The van der Waals surface area contributed by atoms with Crippen molar-refractivity contribution >= 4 is 0 Å². The van der Waals surface area contributed by atoms with E-state index in [1.807, 2.05) is 0 Å². The van der Waals surface area contributed by atoms with E-state index in [-0.39, 0.29) is 0 Å². The average molecular weight is 243 g/mol. The Balaban J connectivity index is 2.24. The lowest BCUT2D eigenvalue weighted by Gasteiger charge is -2.37. The largest absolute Gasteiger partial charge is 0.381 e. The minimum absolute atomic E-state index is 0.417. The molecule has 0 unspecified atom stereocenters. The predicted octanol–water partition coefficient (Wildman–Crippen LogP) is 2.60. The van der Waals surface area contributed by atoms with Crippen molar-refractivity contribution in [3.63, 3.8) is 0 Å². The summed E-state index contributed by atoms with van der Waals surface area (Å²) in [5.74, 6) is 0. The Morgan fingerprint density at radius 3 is 2.59 bits per heavy atom. The Hall–Kier alpha value is -0.120. The van der Waals surface area contributed by atoms with Crippen LogP contribution in [0.1, 0.15) is 46.0 Å². The minimum Gasteiger partial charge on any atom is -0.381 e. The molecule has 0 atom stereocenters. The molecule has 1 N–H and O–H groups in total. The summed E-state index contributed by atoms with van der Waals surface area (Å²) in [5, 5.41) is 3.50. The lowest BCUT2D eigenvalue weighted by atomic mass is 9.77. The molecule has 3 nitrogen and oxygen atoms in total. The van der Waals surface area contributed by atoms with Crippen molar-refractivity contribution in [1.29, 1.82) is 0 Å². The molecule has 0 amide bonds. The lowest BCUT2D eigenvalue weighted by Crippen LogP contribution is -2.40. The Morgan fingerprint density at radius 2 is 1.94 bits per heavy atom. The zero-order valence-electron chi connectivity index (χ0n) is 11.6. The van der Waals surface area contributed by atoms with E-state index < -0.39 is 0 Å². The third-order valence-electron chi connectivity index (χ3n) is 3.72. The van der Waals surface area contributed by atoms with Crippen LogP contribution < -0.4 is 5.32 Å². The van der Waals surface area contributed by atoms with E-state index in [1.165, 1.54) is 32.1 Å². The van der Waals surface area contributed by atoms with Crippen molar-refractivity contribution in [2.45, 2.75) is 46.0 Å². The number of hydrogen-bond acceptors (Lipinski definition) is 3. The number of ether oxygens (including phenoxy) is 2. The highest BCUT2D eigenvalue weighted by Gasteiger charge is 2.31. The van der Waals surface area contributed by atoms with Gasteiger partial charge >= 0.3 is 0 Å². The first-order valence-electron chi connectivity index (χ1n) is 7.19. The van der Waals surface area contributed by atoms with Gasteiger partial charge in [0.2, 0.25) is 0 Å². The number of rotatable bonds is 9. The summed E-state index contributed by atoms with van der Waals surface area (Å²) in [4.78, 5) is 0. The maximum atomic E-state index is 5.71. The van der Waals surface area contributed by atoms with Crippen molar-refractivity contribution in [2.24, 2.45) is 5.41 Å². The van der Waals surface area contributed by atoms with Gasteiger partial charge < -0.3 is 14.8 Å². The Bertz CT molecular complexity index is 179. The van der Waals surface area contributed by atoms with E-state index >= 15 is 0 Å². The summed E-state index contributed by atoms with van der Waals surface area (Å²) in [5.41, 5.74) is 0.417. The Kier molecular flexibility index (Phi) is 7.82. The molecule has 0 aliphatic carbocycles. The minimum atomic E-state index is 0.417. The first-order valence-corrected chi connectivity index (χ1v) is 7.19. The molecule has 17 heavy (non-hydrogen) atoms. The van der Waals surface area contributed by atoms with Crippen LogP contribution in [0.3, 0.4) is 0 Å². The molecule has 0 bridgehead atoms. The van der Waals surface area contributed by atoms with E-state index in [2.05, 4.69) is 19.2 Å². The summed E-state index contributed by atoms with van der Waals surface area (Å²) in [7, 11) is 0. The number of hydrogen-bond donors (Lipinski definition) is 1.